The van der Waals surface area contributed by atoms with Crippen molar-refractivity contribution in [3.05, 3.63) is 108 Å². The van der Waals surface area contributed by atoms with Crippen molar-refractivity contribution in [3.63, 3.8) is 0 Å². The Morgan fingerprint density at radius 1 is 0.810 bits per heavy atom. The van der Waals surface area contributed by atoms with E-state index in [1.54, 1.807) is 13.8 Å². The highest BCUT2D eigenvalue weighted by Gasteiger charge is 2.42. The third kappa shape index (κ3) is 10.2. The van der Waals surface area contributed by atoms with Crippen LogP contribution in [0.4, 0.5) is 0 Å². The Balaban J connectivity index is 1.48. The minimum absolute atomic E-state index is 0.114. The van der Waals surface area contributed by atoms with Gasteiger partial charge in [0.15, 0.2) is 6.29 Å². The van der Waals surface area contributed by atoms with Crippen LogP contribution in [-0.2, 0) is 57.8 Å². The molecule has 8 nitrogen and oxygen atoms in total. The van der Waals surface area contributed by atoms with Gasteiger partial charge in [-0.15, -0.1) is 0 Å². The average molecular weight is 577 g/mol. The van der Waals surface area contributed by atoms with Gasteiger partial charge in [0, 0.05) is 12.8 Å². The van der Waals surface area contributed by atoms with Crippen LogP contribution in [0.15, 0.2) is 91.0 Å². The fourth-order valence-corrected chi connectivity index (χ4v) is 4.77. The molecule has 224 valence electrons. The predicted octanol–water partition coefficient (Wildman–Crippen LogP) is 5.42. The summed E-state index contributed by atoms with van der Waals surface area (Å²) >= 11 is 0. The maximum absolute atomic E-state index is 12.3. The summed E-state index contributed by atoms with van der Waals surface area (Å²) in [6.45, 7) is 4.96. The third-order valence-corrected chi connectivity index (χ3v) is 6.83. The lowest BCUT2D eigenvalue weighted by Gasteiger charge is -2.42. The maximum atomic E-state index is 12.3. The van der Waals surface area contributed by atoms with Crippen LogP contribution in [0.2, 0.25) is 0 Å². The number of Topliss-reactive ketones (excluding diaryl/α,β-unsaturated/α-hetero) is 1. The van der Waals surface area contributed by atoms with E-state index < -0.39 is 36.4 Å². The highest BCUT2D eigenvalue weighted by atomic mass is 16.7. The number of carbonyl (C=O) groups excluding carboxylic acids is 2. The summed E-state index contributed by atoms with van der Waals surface area (Å²) in [5.74, 6) is -1.49. The summed E-state index contributed by atoms with van der Waals surface area (Å²) in [6.07, 6.45) is -2.35. The molecule has 4 rings (SSSR count). The van der Waals surface area contributed by atoms with Crippen molar-refractivity contribution < 1.29 is 38.0 Å². The topological polar surface area (TPSA) is 89.5 Å². The molecule has 0 bridgehead atoms. The minimum atomic E-state index is -0.858. The first-order valence-corrected chi connectivity index (χ1v) is 14.5. The Bertz CT molecular complexity index is 1200. The highest BCUT2D eigenvalue weighted by Crippen LogP contribution is 2.29. The van der Waals surface area contributed by atoms with E-state index in [-0.39, 0.29) is 25.7 Å². The first-order chi connectivity index (χ1) is 20.5. The lowest BCUT2D eigenvalue weighted by atomic mass is 10.0. The summed E-state index contributed by atoms with van der Waals surface area (Å²) in [7, 11) is 0. The number of esters is 1. The molecule has 5 atom stereocenters. The second kappa shape index (κ2) is 16.9. The Hall–Kier alpha value is -3.40. The average Bonchev–Trinajstić information content (AvgIpc) is 3.01. The van der Waals surface area contributed by atoms with Crippen molar-refractivity contribution >= 4 is 11.8 Å². The minimum Gasteiger partial charge on any atom is -0.460 e. The molecular formula is C34H40O8. The van der Waals surface area contributed by atoms with E-state index >= 15 is 0 Å². The Labute approximate surface area is 247 Å². The summed E-state index contributed by atoms with van der Waals surface area (Å²) in [4.78, 5) is 24.1. The fourth-order valence-electron chi connectivity index (χ4n) is 4.77. The summed E-state index contributed by atoms with van der Waals surface area (Å²) in [6, 6.07) is 29.8. The van der Waals surface area contributed by atoms with Crippen molar-refractivity contribution in [1.82, 2.24) is 0 Å². The SMILES string of the molecule is CCOC(=O)C(=O)C[C@@H](C)O[C@@H]1C[C@@H](OCc2ccccc2)[C@H](OCc2ccccc2)[C@@H](COCc2ccccc2)O1. The first kappa shape index (κ1) is 31.5. The highest BCUT2D eigenvalue weighted by molar-refractivity contribution is 6.33. The van der Waals surface area contributed by atoms with Crippen LogP contribution in [0.25, 0.3) is 0 Å². The number of hydrogen-bond donors (Lipinski definition) is 0. The molecule has 0 aliphatic carbocycles. The van der Waals surface area contributed by atoms with Gasteiger partial charge in [-0.1, -0.05) is 91.0 Å². The van der Waals surface area contributed by atoms with Crippen LogP contribution in [0.3, 0.4) is 0 Å². The van der Waals surface area contributed by atoms with Crippen LogP contribution >= 0.6 is 0 Å². The zero-order valence-electron chi connectivity index (χ0n) is 24.3. The second-order valence-electron chi connectivity index (χ2n) is 10.2. The van der Waals surface area contributed by atoms with Crippen LogP contribution in [0, 0.1) is 0 Å². The lowest BCUT2D eigenvalue weighted by molar-refractivity contribution is -0.286. The molecule has 1 heterocycles. The molecule has 0 N–H and O–H groups in total. The molecule has 1 fully saturated rings. The van der Waals surface area contributed by atoms with E-state index in [9.17, 15) is 9.59 Å². The van der Waals surface area contributed by atoms with Crippen LogP contribution in [0.1, 0.15) is 43.4 Å². The van der Waals surface area contributed by atoms with Gasteiger partial charge in [-0.3, -0.25) is 4.79 Å². The molecule has 0 amide bonds. The van der Waals surface area contributed by atoms with Gasteiger partial charge in [0.2, 0.25) is 5.78 Å². The van der Waals surface area contributed by atoms with E-state index in [1.165, 1.54) is 0 Å². The van der Waals surface area contributed by atoms with Crippen molar-refractivity contribution in [2.24, 2.45) is 0 Å². The van der Waals surface area contributed by atoms with Crippen molar-refractivity contribution in [1.29, 1.82) is 0 Å². The molecule has 1 saturated heterocycles. The van der Waals surface area contributed by atoms with Crippen molar-refractivity contribution in [3.8, 4) is 0 Å². The summed E-state index contributed by atoms with van der Waals surface area (Å²) < 4.78 is 36.4. The number of ether oxygens (including phenoxy) is 6. The monoisotopic (exact) mass is 576 g/mol. The number of ketones is 1. The van der Waals surface area contributed by atoms with Gasteiger partial charge in [-0.05, 0) is 30.5 Å². The lowest BCUT2D eigenvalue weighted by Crippen LogP contribution is -2.53. The summed E-state index contributed by atoms with van der Waals surface area (Å²) in [5, 5.41) is 0. The Morgan fingerprint density at radius 2 is 1.36 bits per heavy atom. The maximum Gasteiger partial charge on any atom is 0.374 e. The van der Waals surface area contributed by atoms with Gasteiger partial charge in [-0.2, -0.15) is 0 Å². The molecule has 0 aromatic heterocycles. The fraction of sp³-hybridized carbons (Fsp3) is 0.412. The van der Waals surface area contributed by atoms with Gasteiger partial charge >= 0.3 is 5.97 Å². The number of benzene rings is 3. The number of carbonyl (C=O) groups is 2. The molecule has 0 radical (unpaired) electrons. The molecule has 8 heteroatoms. The number of hydrogen-bond acceptors (Lipinski definition) is 8. The van der Waals surface area contributed by atoms with E-state index in [0.717, 1.165) is 16.7 Å². The molecule has 0 unspecified atom stereocenters. The third-order valence-electron chi connectivity index (χ3n) is 6.83. The molecule has 0 saturated carbocycles. The van der Waals surface area contributed by atoms with Crippen LogP contribution < -0.4 is 0 Å². The predicted molar refractivity (Wildman–Crippen MR) is 156 cm³/mol. The first-order valence-electron chi connectivity index (χ1n) is 14.5. The van der Waals surface area contributed by atoms with Gasteiger partial charge in [0.05, 0.1) is 45.2 Å². The molecule has 3 aromatic rings. The van der Waals surface area contributed by atoms with Crippen LogP contribution in [-0.4, -0.2) is 55.7 Å². The molecule has 1 aliphatic heterocycles. The van der Waals surface area contributed by atoms with Gasteiger partial charge in [0.1, 0.15) is 12.2 Å². The Kier molecular flexibility index (Phi) is 12.7. The van der Waals surface area contributed by atoms with Gasteiger partial charge in [0.25, 0.3) is 0 Å². The van der Waals surface area contributed by atoms with E-state index in [4.69, 9.17) is 28.4 Å². The van der Waals surface area contributed by atoms with E-state index in [1.807, 2.05) is 91.0 Å². The van der Waals surface area contributed by atoms with Gasteiger partial charge < -0.3 is 28.4 Å². The smallest absolute Gasteiger partial charge is 0.374 e. The molecular weight excluding hydrogens is 536 g/mol. The van der Waals surface area contributed by atoms with Gasteiger partial charge in [-0.25, -0.2) is 4.79 Å². The zero-order chi connectivity index (χ0) is 29.6. The Morgan fingerprint density at radius 3 is 1.93 bits per heavy atom. The zero-order valence-corrected chi connectivity index (χ0v) is 24.3. The molecule has 42 heavy (non-hydrogen) atoms. The molecule has 1 aliphatic rings. The van der Waals surface area contributed by atoms with E-state index in [0.29, 0.717) is 26.2 Å². The van der Waals surface area contributed by atoms with E-state index in [2.05, 4.69) is 0 Å². The normalized spacial score (nSPS) is 21.0. The number of rotatable bonds is 16. The standard InChI is InChI=1S/C34H40O8/c1-3-38-34(36)29(35)19-25(2)41-32-20-30(39-22-27-15-9-5-10-16-27)33(40-23-28-17-11-6-12-18-28)31(42-32)24-37-21-26-13-7-4-8-14-26/h4-18,25,30-33H,3,19-24H2,1-2H3/t25-,30-,31-,32+,33+/m1/s1. The molecule has 3 aromatic carbocycles. The van der Waals surface area contributed by atoms with Crippen LogP contribution in [0.5, 0.6) is 0 Å². The largest absolute Gasteiger partial charge is 0.460 e. The molecule has 0 spiro atoms. The van der Waals surface area contributed by atoms with Crippen molar-refractivity contribution in [2.45, 2.75) is 77.2 Å². The van der Waals surface area contributed by atoms with Crippen molar-refractivity contribution in [2.75, 3.05) is 13.2 Å². The summed E-state index contributed by atoms with van der Waals surface area (Å²) in [5.41, 5.74) is 3.12. The quantitative estimate of drug-likeness (QED) is 0.165. The second-order valence-corrected chi connectivity index (χ2v) is 10.2.